The van der Waals surface area contributed by atoms with E-state index in [0.717, 1.165) is 0 Å². The lowest BCUT2D eigenvalue weighted by atomic mass is 10.2. The molecule has 0 aromatic heterocycles. The van der Waals surface area contributed by atoms with Crippen molar-refractivity contribution in [3.05, 3.63) is 0 Å². The number of rotatable bonds is 8. The summed E-state index contributed by atoms with van der Waals surface area (Å²) in [6.45, 7) is 0.449. The van der Waals surface area contributed by atoms with Crippen LogP contribution in [0.25, 0.3) is 0 Å². The lowest BCUT2D eigenvalue weighted by Crippen LogP contribution is -2.46. The molecule has 0 unspecified atom stereocenters. The average molecular weight is 258 g/mol. The van der Waals surface area contributed by atoms with E-state index in [-0.39, 0.29) is 0 Å². The molecule has 2 amide bonds. The molecule has 6 heteroatoms. The van der Waals surface area contributed by atoms with Crippen LogP contribution in [0.4, 0.5) is 4.79 Å². The van der Waals surface area contributed by atoms with Crippen molar-refractivity contribution in [2.75, 3.05) is 18.6 Å². The van der Waals surface area contributed by atoms with Gasteiger partial charge in [-0.2, -0.15) is 11.8 Å². The van der Waals surface area contributed by atoms with Crippen molar-refractivity contribution in [1.29, 1.82) is 0 Å². The van der Waals surface area contributed by atoms with Crippen LogP contribution in [0, 0.1) is 12.3 Å². The Morgan fingerprint density at radius 1 is 1.53 bits per heavy atom. The zero-order valence-electron chi connectivity index (χ0n) is 9.86. The average Bonchev–Trinajstić information content (AvgIpc) is 2.29. The number of unbranched alkanes of at least 4 members (excludes halogenated alkanes) is 1. The van der Waals surface area contributed by atoms with Crippen LogP contribution in [0.15, 0.2) is 0 Å². The van der Waals surface area contributed by atoms with Crippen molar-refractivity contribution in [2.24, 2.45) is 0 Å². The number of urea groups is 1. The predicted octanol–water partition coefficient (Wildman–Crippen LogP) is 0.905. The van der Waals surface area contributed by atoms with Crippen LogP contribution >= 0.6 is 11.8 Å². The van der Waals surface area contributed by atoms with Crippen molar-refractivity contribution < 1.29 is 14.7 Å². The second-order valence-corrected chi connectivity index (χ2v) is 4.37. The predicted molar refractivity (Wildman–Crippen MR) is 69.0 cm³/mol. The Labute approximate surface area is 106 Å². The molecule has 0 bridgehead atoms. The standard InChI is InChI=1S/C11H18N2O3S/c1-3-4-5-7-12-11(16)13-9(10(14)15)6-8-17-2/h1,9H,4-8H2,2H3,(H,14,15)(H2,12,13,16)/t9-/m1/s1. The molecule has 0 spiro atoms. The Morgan fingerprint density at radius 3 is 2.76 bits per heavy atom. The summed E-state index contributed by atoms with van der Waals surface area (Å²) in [5.41, 5.74) is 0. The molecule has 0 heterocycles. The van der Waals surface area contributed by atoms with Gasteiger partial charge >= 0.3 is 12.0 Å². The molecule has 1 atom stereocenters. The quantitative estimate of drug-likeness (QED) is 0.446. The van der Waals surface area contributed by atoms with Gasteiger partial charge in [-0.1, -0.05) is 0 Å². The summed E-state index contributed by atoms with van der Waals surface area (Å²) in [6, 6.07) is -1.30. The summed E-state index contributed by atoms with van der Waals surface area (Å²) in [5, 5.41) is 13.9. The molecule has 0 aliphatic carbocycles. The first-order valence-electron chi connectivity index (χ1n) is 5.31. The van der Waals surface area contributed by atoms with Crippen molar-refractivity contribution in [3.8, 4) is 12.3 Å². The molecule has 0 saturated carbocycles. The third-order valence-electron chi connectivity index (χ3n) is 2.00. The van der Waals surface area contributed by atoms with E-state index in [9.17, 15) is 9.59 Å². The number of thioether (sulfide) groups is 1. The Morgan fingerprint density at radius 2 is 2.24 bits per heavy atom. The number of carboxylic acid groups (broad SMARTS) is 1. The summed E-state index contributed by atoms with van der Waals surface area (Å²) in [4.78, 5) is 22.2. The summed E-state index contributed by atoms with van der Waals surface area (Å²) in [7, 11) is 0. The van der Waals surface area contributed by atoms with E-state index in [0.29, 0.717) is 31.6 Å². The molecule has 0 aliphatic rings. The van der Waals surface area contributed by atoms with Crippen LogP contribution in [0.2, 0.25) is 0 Å². The first-order chi connectivity index (χ1) is 8.11. The van der Waals surface area contributed by atoms with Gasteiger partial charge in [-0.05, 0) is 24.9 Å². The second kappa shape index (κ2) is 9.85. The van der Waals surface area contributed by atoms with E-state index in [1.807, 2.05) is 6.26 Å². The lowest BCUT2D eigenvalue weighted by Gasteiger charge is -2.14. The Kier molecular flexibility index (Phi) is 9.06. The number of carbonyl (C=O) groups is 2. The number of amides is 2. The summed E-state index contributed by atoms with van der Waals surface area (Å²) >= 11 is 1.54. The molecule has 0 aliphatic heterocycles. The fraction of sp³-hybridized carbons (Fsp3) is 0.636. The number of hydrogen-bond donors (Lipinski definition) is 3. The van der Waals surface area contributed by atoms with Crippen LogP contribution in [0.1, 0.15) is 19.3 Å². The minimum atomic E-state index is -1.02. The summed E-state index contributed by atoms with van der Waals surface area (Å²) in [5.74, 6) is 2.13. The highest BCUT2D eigenvalue weighted by Crippen LogP contribution is 2.00. The zero-order chi connectivity index (χ0) is 13.1. The maximum atomic E-state index is 11.3. The third-order valence-corrected chi connectivity index (χ3v) is 2.64. The highest BCUT2D eigenvalue weighted by Gasteiger charge is 2.18. The smallest absolute Gasteiger partial charge is 0.326 e. The fourth-order valence-corrected chi connectivity index (χ4v) is 1.57. The Bertz CT molecular complexity index is 289. The molecular formula is C11H18N2O3S. The largest absolute Gasteiger partial charge is 0.480 e. The molecule has 17 heavy (non-hydrogen) atoms. The van der Waals surface area contributed by atoms with Crippen molar-refractivity contribution in [1.82, 2.24) is 10.6 Å². The number of terminal acetylenes is 1. The van der Waals surface area contributed by atoms with Gasteiger partial charge in [0.25, 0.3) is 0 Å². The first kappa shape index (κ1) is 15.7. The fourth-order valence-electron chi connectivity index (χ4n) is 1.09. The number of carbonyl (C=O) groups excluding carboxylic acids is 1. The van der Waals surface area contributed by atoms with Crippen LogP contribution in [-0.2, 0) is 4.79 Å². The second-order valence-electron chi connectivity index (χ2n) is 3.38. The normalized spacial score (nSPS) is 11.3. The van der Waals surface area contributed by atoms with Gasteiger partial charge in [-0.15, -0.1) is 12.3 Å². The maximum absolute atomic E-state index is 11.3. The Balaban J connectivity index is 3.88. The summed E-state index contributed by atoms with van der Waals surface area (Å²) < 4.78 is 0. The van der Waals surface area contributed by atoms with Crippen molar-refractivity contribution >= 4 is 23.8 Å². The SMILES string of the molecule is C#CCCCNC(=O)N[C@H](CCSC)C(=O)O. The zero-order valence-corrected chi connectivity index (χ0v) is 10.7. The van der Waals surface area contributed by atoms with Gasteiger partial charge in [0.2, 0.25) is 0 Å². The van der Waals surface area contributed by atoms with Gasteiger partial charge in [0.1, 0.15) is 6.04 Å². The number of carboxylic acids is 1. The molecule has 96 valence electrons. The van der Waals surface area contributed by atoms with Gasteiger partial charge in [-0.25, -0.2) is 9.59 Å². The van der Waals surface area contributed by atoms with Gasteiger partial charge in [0, 0.05) is 13.0 Å². The van der Waals surface area contributed by atoms with E-state index >= 15 is 0 Å². The minimum Gasteiger partial charge on any atom is -0.480 e. The topological polar surface area (TPSA) is 78.4 Å². The van der Waals surface area contributed by atoms with Gasteiger partial charge in [-0.3, -0.25) is 0 Å². The Hall–Kier alpha value is -1.35. The van der Waals surface area contributed by atoms with Gasteiger partial charge in [0.05, 0.1) is 0 Å². The minimum absolute atomic E-state index is 0.411. The number of nitrogens with one attached hydrogen (secondary N) is 2. The van der Waals surface area contributed by atoms with E-state index < -0.39 is 18.0 Å². The molecular weight excluding hydrogens is 240 g/mol. The molecule has 0 rings (SSSR count). The molecule has 0 aromatic carbocycles. The highest BCUT2D eigenvalue weighted by atomic mass is 32.2. The summed E-state index contributed by atoms with van der Waals surface area (Å²) in [6.07, 6.45) is 8.64. The third kappa shape index (κ3) is 8.46. The molecule has 5 nitrogen and oxygen atoms in total. The van der Waals surface area contributed by atoms with E-state index in [1.54, 1.807) is 11.8 Å². The van der Waals surface area contributed by atoms with E-state index in [4.69, 9.17) is 11.5 Å². The van der Waals surface area contributed by atoms with Crippen molar-refractivity contribution in [2.45, 2.75) is 25.3 Å². The molecule has 3 N–H and O–H groups in total. The van der Waals surface area contributed by atoms with Crippen LogP contribution < -0.4 is 10.6 Å². The lowest BCUT2D eigenvalue weighted by molar-refractivity contribution is -0.139. The van der Waals surface area contributed by atoms with Crippen LogP contribution in [-0.4, -0.2) is 41.7 Å². The number of hydrogen-bond acceptors (Lipinski definition) is 3. The molecule has 0 saturated heterocycles. The van der Waals surface area contributed by atoms with Gasteiger partial charge < -0.3 is 15.7 Å². The van der Waals surface area contributed by atoms with Crippen LogP contribution in [0.3, 0.4) is 0 Å². The number of aliphatic carboxylic acids is 1. The maximum Gasteiger partial charge on any atom is 0.326 e. The molecule has 0 aromatic rings. The van der Waals surface area contributed by atoms with Crippen molar-refractivity contribution in [3.63, 3.8) is 0 Å². The van der Waals surface area contributed by atoms with Crippen LogP contribution in [0.5, 0.6) is 0 Å². The van der Waals surface area contributed by atoms with Gasteiger partial charge in [0.15, 0.2) is 0 Å². The van der Waals surface area contributed by atoms with E-state index in [1.165, 1.54) is 0 Å². The molecule has 0 radical (unpaired) electrons. The monoisotopic (exact) mass is 258 g/mol. The van der Waals surface area contributed by atoms with E-state index in [2.05, 4.69) is 16.6 Å². The highest BCUT2D eigenvalue weighted by molar-refractivity contribution is 7.98. The molecule has 0 fully saturated rings. The first-order valence-corrected chi connectivity index (χ1v) is 6.70.